The minimum absolute atomic E-state index is 0.0206. The SMILES string of the molecule is CCOC(CN(Nc1ccccc1)S(=O)(=O)c1ccc(C)cc1)OCC. The van der Waals surface area contributed by atoms with Gasteiger partial charge in [-0.2, -0.15) is 0 Å². The smallest absolute Gasteiger partial charge is 0.260 e. The number of hydrogen-bond donors (Lipinski definition) is 1. The van der Waals surface area contributed by atoms with Crippen molar-refractivity contribution < 1.29 is 17.9 Å². The number of hydrogen-bond acceptors (Lipinski definition) is 5. The van der Waals surface area contributed by atoms with E-state index in [1.807, 2.05) is 39.0 Å². The number of nitrogens with zero attached hydrogens (tertiary/aromatic N) is 1. The highest BCUT2D eigenvalue weighted by Crippen LogP contribution is 2.19. The van der Waals surface area contributed by atoms with Gasteiger partial charge < -0.3 is 14.9 Å². The molecule has 0 spiro atoms. The van der Waals surface area contributed by atoms with Crippen LogP contribution in [0.1, 0.15) is 19.4 Å². The van der Waals surface area contributed by atoms with Crippen molar-refractivity contribution in [3.05, 3.63) is 60.2 Å². The van der Waals surface area contributed by atoms with Crippen LogP contribution in [-0.2, 0) is 19.5 Å². The van der Waals surface area contributed by atoms with Crippen molar-refractivity contribution in [2.45, 2.75) is 32.0 Å². The van der Waals surface area contributed by atoms with Crippen LogP contribution in [0.25, 0.3) is 0 Å². The van der Waals surface area contributed by atoms with Crippen LogP contribution in [0.3, 0.4) is 0 Å². The van der Waals surface area contributed by atoms with Crippen LogP contribution < -0.4 is 5.43 Å². The largest absolute Gasteiger partial charge is 0.351 e. The molecule has 0 radical (unpaired) electrons. The number of hydrazine groups is 1. The summed E-state index contributed by atoms with van der Waals surface area (Å²) >= 11 is 0. The molecule has 2 aromatic carbocycles. The lowest BCUT2D eigenvalue weighted by Gasteiger charge is -2.28. The lowest BCUT2D eigenvalue weighted by atomic mass is 10.2. The predicted molar refractivity (Wildman–Crippen MR) is 102 cm³/mol. The molecule has 0 saturated heterocycles. The molecule has 0 heterocycles. The van der Waals surface area contributed by atoms with Gasteiger partial charge in [0.1, 0.15) is 0 Å². The lowest BCUT2D eigenvalue weighted by molar-refractivity contribution is -0.139. The minimum atomic E-state index is -3.79. The molecule has 6 nitrogen and oxygen atoms in total. The van der Waals surface area contributed by atoms with E-state index < -0.39 is 16.3 Å². The summed E-state index contributed by atoms with van der Waals surface area (Å²) in [4.78, 5) is 0.207. The van der Waals surface area contributed by atoms with E-state index in [4.69, 9.17) is 9.47 Å². The van der Waals surface area contributed by atoms with Gasteiger partial charge >= 0.3 is 0 Å². The zero-order valence-electron chi connectivity index (χ0n) is 15.4. The van der Waals surface area contributed by atoms with Crippen molar-refractivity contribution in [3.63, 3.8) is 0 Å². The zero-order valence-corrected chi connectivity index (χ0v) is 16.2. The second-order valence-electron chi connectivity index (χ2n) is 5.67. The maximum Gasteiger partial charge on any atom is 0.260 e. The fourth-order valence-corrected chi connectivity index (χ4v) is 3.64. The van der Waals surface area contributed by atoms with Crippen molar-refractivity contribution >= 4 is 15.7 Å². The molecular formula is C19H26N2O4S. The van der Waals surface area contributed by atoms with E-state index in [9.17, 15) is 8.42 Å². The van der Waals surface area contributed by atoms with Crippen LogP contribution in [0.2, 0.25) is 0 Å². The first-order valence-electron chi connectivity index (χ1n) is 8.61. The maximum absolute atomic E-state index is 13.1. The fourth-order valence-electron chi connectivity index (χ4n) is 2.36. The molecule has 0 unspecified atom stereocenters. The Kier molecular flexibility index (Phi) is 7.59. The average molecular weight is 378 g/mol. The molecule has 0 bridgehead atoms. The van der Waals surface area contributed by atoms with Crippen molar-refractivity contribution in [2.75, 3.05) is 25.2 Å². The highest BCUT2D eigenvalue weighted by atomic mass is 32.2. The summed E-state index contributed by atoms with van der Waals surface area (Å²) in [5.74, 6) is 0. The topological polar surface area (TPSA) is 67.9 Å². The first-order chi connectivity index (χ1) is 12.5. The lowest BCUT2D eigenvalue weighted by Crippen LogP contribution is -2.43. The van der Waals surface area contributed by atoms with Crippen LogP contribution in [0.15, 0.2) is 59.5 Å². The Morgan fingerprint density at radius 2 is 1.54 bits per heavy atom. The van der Waals surface area contributed by atoms with Gasteiger partial charge in [-0.25, -0.2) is 8.42 Å². The summed E-state index contributed by atoms with van der Waals surface area (Å²) in [5, 5.41) is 0. The van der Waals surface area contributed by atoms with E-state index in [-0.39, 0.29) is 11.4 Å². The second kappa shape index (κ2) is 9.68. The van der Waals surface area contributed by atoms with Crippen molar-refractivity contribution in [1.82, 2.24) is 4.41 Å². The number of sulfonamides is 1. The average Bonchev–Trinajstić information content (AvgIpc) is 2.63. The molecule has 2 aromatic rings. The van der Waals surface area contributed by atoms with E-state index in [2.05, 4.69) is 5.43 Å². The highest BCUT2D eigenvalue weighted by Gasteiger charge is 2.28. The van der Waals surface area contributed by atoms with Crippen LogP contribution in [-0.4, -0.2) is 38.9 Å². The molecule has 0 aliphatic heterocycles. The Labute approximate surface area is 155 Å². The Balaban J connectivity index is 2.33. The Bertz CT molecular complexity index is 758. The first kappa shape index (κ1) is 20.4. The normalized spacial score (nSPS) is 11.9. The molecule has 1 N–H and O–H groups in total. The highest BCUT2D eigenvalue weighted by molar-refractivity contribution is 7.89. The van der Waals surface area contributed by atoms with Gasteiger partial charge in [0, 0.05) is 13.2 Å². The molecule has 0 atom stereocenters. The molecule has 0 fully saturated rings. The number of aryl methyl sites for hydroxylation is 1. The standard InChI is InChI=1S/C19H26N2O4S/c1-4-24-19(25-5-2)15-21(20-17-9-7-6-8-10-17)26(22,23)18-13-11-16(3)12-14-18/h6-14,19-20H,4-5,15H2,1-3H3. The van der Waals surface area contributed by atoms with E-state index in [0.29, 0.717) is 18.9 Å². The minimum Gasteiger partial charge on any atom is -0.351 e. The first-order valence-corrected chi connectivity index (χ1v) is 10.1. The van der Waals surface area contributed by atoms with Gasteiger partial charge in [0.05, 0.1) is 17.1 Å². The van der Waals surface area contributed by atoms with Gasteiger partial charge in [-0.1, -0.05) is 35.9 Å². The van der Waals surface area contributed by atoms with E-state index in [0.717, 1.165) is 5.56 Å². The molecule has 26 heavy (non-hydrogen) atoms. The van der Waals surface area contributed by atoms with Crippen LogP contribution in [0.4, 0.5) is 5.69 Å². The van der Waals surface area contributed by atoms with Gasteiger partial charge in [-0.3, -0.25) is 0 Å². The summed E-state index contributed by atoms with van der Waals surface area (Å²) < 4.78 is 38.5. The van der Waals surface area contributed by atoms with Gasteiger partial charge in [0.15, 0.2) is 6.29 Å². The molecule has 7 heteroatoms. The van der Waals surface area contributed by atoms with Crippen LogP contribution in [0, 0.1) is 6.92 Å². The van der Waals surface area contributed by atoms with Crippen LogP contribution in [0.5, 0.6) is 0 Å². The molecular weight excluding hydrogens is 352 g/mol. The molecule has 0 aromatic heterocycles. The third-order valence-corrected chi connectivity index (χ3v) is 5.35. The number of ether oxygens (including phenoxy) is 2. The Hall–Kier alpha value is -1.93. The number of para-hydroxylation sites is 1. The van der Waals surface area contributed by atoms with Gasteiger partial charge in [0.25, 0.3) is 10.0 Å². The molecule has 0 saturated carbocycles. The molecule has 0 aliphatic rings. The second-order valence-corrected chi connectivity index (χ2v) is 7.53. The monoisotopic (exact) mass is 378 g/mol. The number of anilines is 1. The van der Waals surface area contributed by atoms with E-state index >= 15 is 0 Å². The van der Waals surface area contributed by atoms with Crippen LogP contribution >= 0.6 is 0 Å². The summed E-state index contributed by atoms with van der Waals surface area (Å²) in [6, 6.07) is 15.9. The van der Waals surface area contributed by atoms with Crippen molar-refractivity contribution in [3.8, 4) is 0 Å². The summed E-state index contributed by atoms with van der Waals surface area (Å²) in [5.41, 5.74) is 4.62. The summed E-state index contributed by atoms with van der Waals surface area (Å²) in [6.45, 7) is 6.47. The molecule has 0 amide bonds. The number of benzene rings is 2. The Morgan fingerprint density at radius 3 is 2.08 bits per heavy atom. The number of rotatable bonds is 10. The maximum atomic E-state index is 13.1. The molecule has 142 valence electrons. The summed E-state index contributed by atoms with van der Waals surface area (Å²) in [6.07, 6.45) is -0.665. The van der Waals surface area contributed by atoms with E-state index in [1.54, 1.807) is 36.4 Å². The predicted octanol–water partition coefficient (Wildman–Crippen LogP) is 3.41. The van der Waals surface area contributed by atoms with Gasteiger partial charge in [-0.05, 0) is 45.0 Å². The van der Waals surface area contributed by atoms with Gasteiger partial charge in [-0.15, -0.1) is 4.41 Å². The third kappa shape index (κ3) is 5.54. The van der Waals surface area contributed by atoms with Crippen molar-refractivity contribution in [2.24, 2.45) is 0 Å². The van der Waals surface area contributed by atoms with Gasteiger partial charge in [0.2, 0.25) is 0 Å². The quantitative estimate of drug-likeness (QED) is 0.507. The van der Waals surface area contributed by atoms with E-state index in [1.165, 1.54) is 4.41 Å². The Morgan fingerprint density at radius 1 is 0.962 bits per heavy atom. The summed E-state index contributed by atoms with van der Waals surface area (Å²) in [7, 11) is -3.79. The van der Waals surface area contributed by atoms with Crippen molar-refractivity contribution in [1.29, 1.82) is 0 Å². The molecule has 2 rings (SSSR count). The fraction of sp³-hybridized carbons (Fsp3) is 0.368. The number of nitrogens with one attached hydrogen (secondary N) is 1. The molecule has 0 aliphatic carbocycles. The third-order valence-electron chi connectivity index (χ3n) is 3.66. The zero-order chi connectivity index (χ0) is 19.0.